The molecule has 13 nitrogen and oxygen atoms in total. The van der Waals surface area contributed by atoms with Crippen molar-refractivity contribution in [3.63, 3.8) is 0 Å². The van der Waals surface area contributed by atoms with E-state index in [1.165, 1.54) is 32.5 Å². The molecule has 3 rings (SSSR count). The van der Waals surface area contributed by atoms with Crippen molar-refractivity contribution in [1.29, 1.82) is 0 Å². The van der Waals surface area contributed by atoms with Gasteiger partial charge >= 0.3 is 19.4 Å². The molecule has 2 unspecified atom stereocenters. The van der Waals surface area contributed by atoms with E-state index < -0.39 is 56.1 Å². The molecule has 6 atom stereocenters. The summed E-state index contributed by atoms with van der Waals surface area (Å²) in [6.07, 6.45) is 3.36. The van der Waals surface area contributed by atoms with Crippen LogP contribution in [0.3, 0.4) is 0 Å². The van der Waals surface area contributed by atoms with Gasteiger partial charge in [0.05, 0.1) is 13.2 Å². The number of carbonyl (C=O) groups is 1. The zero-order valence-corrected chi connectivity index (χ0v) is 24.6. The standard InChI is InChI=1S/C27H41N4O9P/c1-4-5-6-7-8-12-17-37-24(33)19(2)30-41(36,40-20-13-10-9-11-14-20)38-18-21-23(32)27(3,35)25(39-21)31-16-15-22(28)29-26(31)34/h9-11,13-16,19,21,23,25,32,35H,4-8,12,17-18H2,1-3H3,(H,30,36)(H2,28,29,34)/t19-,21+,23+,25?,27+,41?/m0/s1. The molecule has 1 aromatic heterocycles. The van der Waals surface area contributed by atoms with Crippen LogP contribution < -0.4 is 21.0 Å². The Morgan fingerprint density at radius 3 is 2.59 bits per heavy atom. The second-order valence-electron chi connectivity index (χ2n) is 10.2. The van der Waals surface area contributed by atoms with E-state index in [2.05, 4.69) is 17.0 Å². The maximum Gasteiger partial charge on any atom is 0.459 e. The number of benzene rings is 1. The number of nitrogen functional groups attached to an aromatic ring is 1. The Kier molecular flexibility index (Phi) is 11.9. The number of para-hydroxylation sites is 1. The fourth-order valence-electron chi connectivity index (χ4n) is 4.33. The van der Waals surface area contributed by atoms with Gasteiger partial charge in [-0.3, -0.25) is 13.9 Å². The van der Waals surface area contributed by atoms with E-state index in [-0.39, 0.29) is 18.2 Å². The minimum atomic E-state index is -4.26. The van der Waals surface area contributed by atoms with E-state index in [0.29, 0.717) is 0 Å². The first-order chi connectivity index (χ1) is 19.5. The third kappa shape index (κ3) is 9.09. The maximum atomic E-state index is 13.8. The minimum absolute atomic E-state index is 0.0194. The summed E-state index contributed by atoms with van der Waals surface area (Å²) in [6.45, 7) is 4.61. The van der Waals surface area contributed by atoms with Crippen molar-refractivity contribution in [2.24, 2.45) is 0 Å². The summed E-state index contributed by atoms with van der Waals surface area (Å²) in [6, 6.07) is 8.48. The summed E-state index contributed by atoms with van der Waals surface area (Å²) in [7, 11) is -4.26. The molecule has 1 aliphatic rings. The van der Waals surface area contributed by atoms with Crippen LogP contribution in [0.4, 0.5) is 5.82 Å². The maximum absolute atomic E-state index is 13.8. The van der Waals surface area contributed by atoms with Crippen LogP contribution >= 0.6 is 7.75 Å². The van der Waals surface area contributed by atoms with Gasteiger partial charge in [-0.15, -0.1) is 0 Å². The lowest BCUT2D eigenvalue weighted by atomic mass is 9.96. The topological polar surface area (TPSA) is 184 Å². The van der Waals surface area contributed by atoms with Crippen molar-refractivity contribution in [2.45, 2.75) is 89.4 Å². The Morgan fingerprint density at radius 1 is 1.22 bits per heavy atom. The molecule has 0 amide bonds. The first kappa shape index (κ1) is 32.7. The van der Waals surface area contributed by atoms with Gasteiger partial charge in [-0.1, -0.05) is 57.2 Å². The number of unbranched alkanes of at least 4 members (excludes halogenated alkanes) is 5. The number of hydrogen-bond acceptors (Lipinski definition) is 11. The highest BCUT2D eigenvalue weighted by atomic mass is 31.2. The number of hydrogen-bond donors (Lipinski definition) is 4. The van der Waals surface area contributed by atoms with Crippen LogP contribution in [-0.4, -0.2) is 62.8 Å². The van der Waals surface area contributed by atoms with Crippen LogP contribution in [0, 0.1) is 0 Å². The summed E-state index contributed by atoms with van der Waals surface area (Å²) in [5, 5.41) is 24.3. The first-order valence-corrected chi connectivity index (χ1v) is 15.4. The lowest BCUT2D eigenvalue weighted by molar-refractivity contribution is -0.145. The number of aromatic nitrogens is 2. The van der Waals surface area contributed by atoms with Gasteiger partial charge in [0.15, 0.2) is 6.23 Å². The van der Waals surface area contributed by atoms with Crippen LogP contribution in [0.5, 0.6) is 5.75 Å². The zero-order chi connectivity index (χ0) is 30.0. The molecular formula is C27H41N4O9P. The van der Waals surface area contributed by atoms with Crippen molar-refractivity contribution in [3.8, 4) is 5.75 Å². The van der Waals surface area contributed by atoms with Crippen LogP contribution in [0.2, 0.25) is 0 Å². The monoisotopic (exact) mass is 596 g/mol. The smallest absolute Gasteiger partial charge is 0.459 e. The molecule has 2 aromatic rings. The molecular weight excluding hydrogens is 555 g/mol. The van der Waals surface area contributed by atoms with Gasteiger partial charge in [0.2, 0.25) is 0 Å². The van der Waals surface area contributed by atoms with Gasteiger partial charge in [0.1, 0.15) is 35.4 Å². The molecule has 0 aliphatic carbocycles. The quantitative estimate of drug-likeness (QED) is 0.126. The van der Waals surface area contributed by atoms with E-state index in [1.807, 2.05) is 0 Å². The van der Waals surface area contributed by atoms with Crippen LogP contribution in [0.25, 0.3) is 0 Å². The second kappa shape index (κ2) is 14.9. The third-order valence-corrected chi connectivity index (χ3v) is 8.33. The SMILES string of the molecule is CCCCCCCCOC(=O)[C@H](C)NP(=O)(OC[C@H]1OC(n2ccc(N)nc2=O)[C@](C)(O)[C@@H]1O)Oc1ccccc1. The number of nitrogens with two attached hydrogens (primary N) is 1. The van der Waals surface area contributed by atoms with Gasteiger partial charge in [0.25, 0.3) is 0 Å². The molecule has 0 spiro atoms. The van der Waals surface area contributed by atoms with Gasteiger partial charge < -0.3 is 29.9 Å². The zero-order valence-electron chi connectivity index (χ0n) is 23.7. The van der Waals surface area contributed by atoms with Gasteiger partial charge in [-0.25, -0.2) is 9.36 Å². The van der Waals surface area contributed by atoms with Crippen molar-refractivity contribution in [2.75, 3.05) is 18.9 Å². The fourth-order valence-corrected chi connectivity index (χ4v) is 5.84. The number of rotatable bonds is 16. The van der Waals surface area contributed by atoms with Crippen LogP contribution in [-0.2, 0) is 23.4 Å². The number of ether oxygens (including phenoxy) is 2. The number of esters is 1. The molecule has 0 bridgehead atoms. The number of anilines is 1. The van der Waals surface area contributed by atoms with Gasteiger partial charge in [-0.05, 0) is 38.5 Å². The Morgan fingerprint density at radius 2 is 1.90 bits per heavy atom. The Balaban J connectivity index is 1.66. The molecule has 228 valence electrons. The van der Waals surface area contributed by atoms with E-state index in [4.69, 9.17) is 24.3 Å². The first-order valence-electron chi connectivity index (χ1n) is 13.8. The number of aliphatic hydroxyl groups excluding tert-OH is 1. The summed E-state index contributed by atoms with van der Waals surface area (Å²) in [5.74, 6) is -0.448. The fraction of sp³-hybridized carbons (Fsp3) is 0.593. The van der Waals surface area contributed by atoms with E-state index in [1.54, 1.807) is 30.3 Å². The predicted molar refractivity (Wildman–Crippen MR) is 151 cm³/mol. The molecule has 1 aliphatic heterocycles. The van der Waals surface area contributed by atoms with Crippen LogP contribution in [0.1, 0.15) is 65.5 Å². The number of aliphatic hydroxyl groups is 2. The summed E-state index contributed by atoms with van der Waals surface area (Å²) in [5.41, 5.74) is 2.80. The lowest BCUT2D eigenvalue weighted by Gasteiger charge is -2.27. The van der Waals surface area contributed by atoms with Crippen molar-refractivity contribution in [1.82, 2.24) is 14.6 Å². The predicted octanol–water partition coefficient (Wildman–Crippen LogP) is 2.92. The normalized spacial score (nSPS) is 24.5. The van der Waals surface area contributed by atoms with Gasteiger partial charge in [-0.2, -0.15) is 10.1 Å². The van der Waals surface area contributed by atoms with Crippen molar-refractivity contribution in [3.05, 3.63) is 53.1 Å². The highest BCUT2D eigenvalue weighted by Crippen LogP contribution is 2.46. The molecule has 5 N–H and O–H groups in total. The van der Waals surface area contributed by atoms with E-state index in [9.17, 15) is 24.4 Å². The molecule has 41 heavy (non-hydrogen) atoms. The van der Waals surface area contributed by atoms with E-state index >= 15 is 0 Å². The molecule has 0 saturated carbocycles. The highest BCUT2D eigenvalue weighted by Gasteiger charge is 2.54. The summed E-state index contributed by atoms with van der Waals surface area (Å²) in [4.78, 5) is 28.6. The minimum Gasteiger partial charge on any atom is -0.465 e. The molecule has 1 saturated heterocycles. The average molecular weight is 597 g/mol. The van der Waals surface area contributed by atoms with E-state index in [0.717, 1.165) is 36.7 Å². The summed E-state index contributed by atoms with van der Waals surface area (Å²) < 4.78 is 37.1. The Hall–Kier alpha value is -2.80. The largest absolute Gasteiger partial charge is 0.465 e. The number of nitrogens with one attached hydrogen (secondary N) is 1. The Labute approximate surface area is 239 Å². The van der Waals surface area contributed by atoms with Gasteiger partial charge in [0, 0.05) is 6.20 Å². The van der Waals surface area contributed by atoms with Crippen molar-refractivity contribution >= 4 is 19.5 Å². The third-order valence-electron chi connectivity index (χ3n) is 6.68. The molecule has 0 radical (unpaired) electrons. The molecule has 1 aromatic carbocycles. The number of carbonyl (C=O) groups excluding carboxylic acids is 1. The number of nitrogens with zero attached hydrogens (tertiary/aromatic N) is 2. The summed E-state index contributed by atoms with van der Waals surface area (Å²) >= 11 is 0. The van der Waals surface area contributed by atoms with Crippen molar-refractivity contribution < 1.29 is 38.1 Å². The Bertz CT molecular complexity index is 1230. The molecule has 1 fully saturated rings. The molecule has 14 heteroatoms. The second-order valence-corrected chi connectivity index (χ2v) is 11.9. The highest BCUT2D eigenvalue weighted by molar-refractivity contribution is 7.52. The lowest BCUT2D eigenvalue weighted by Crippen LogP contribution is -2.46. The van der Waals surface area contributed by atoms with Crippen LogP contribution in [0.15, 0.2) is 47.4 Å². The molecule has 2 heterocycles. The average Bonchev–Trinajstić information content (AvgIpc) is 3.15.